The quantitative estimate of drug-likeness (QED) is 0.295. The maximum Gasteiger partial charge on any atom is 0.180 e. The Morgan fingerprint density at radius 3 is 2.21 bits per heavy atom. The molecule has 1 saturated heterocycles. The highest BCUT2D eigenvalue weighted by Crippen LogP contribution is 2.35. The molecule has 152 valence electrons. The van der Waals surface area contributed by atoms with Crippen molar-refractivity contribution >= 4 is 32.4 Å². The summed E-state index contributed by atoms with van der Waals surface area (Å²) in [5.41, 5.74) is 3.46. The molecule has 3 rings (SSSR count). The van der Waals surface area contributed by atoms with Crippen LogP contribution in [-0.2, 0) is 21.0 Å². The minimum absolute atomic E-state index is 0.00479. The molecule has 28 heavy (non-hydrogen) atoms. The Kier molecular flexibility index (Phi) is 7.17. The lowest BCUT2D eigenvalue weighted by molar-refractivity contribution is 0.217. The van der Waals surface area contributed by atoms with Crippen molar-refractivity contribution in [1.29, 1.82) is 0 Å². The van der Waals surface area contributed by atoms with Crippen molar-refractivity contribution in [3.05, 3.63) is 54.1 Å². The number of hydrogen-bond acceptors (Lipinski definition) is 4. The van der Waals surface area contributed by atoms with Gasteiger partial charge in [-0.2, -0.15) is 0 Å². The summed E-state index contributed by atoms with van der Waals surface area (Å²) < 4.78 is 29.6. The molecule has 1 fully saturated rings. The lowest BCUT2D eigenvalue weighted by Crippen LogP contribution is -2.36. The molecule has 0 aromatic heterocycles. The van der Waals surface area contributed by atoms with Crippen molar-refractivity contribution in [2.75, 3.05) is 32.6 Å². The first-order valence-electron chi connectivity index (χ1n) is 9.67. The highest BCUT2D eigenvalue weighted by molar-refractivity contribution is 14.1. The van der Waals surface area contributed by atoms with Gasteiger partial charge in [0, 0.05) is 13.7 Å². The topological polar surface area (TPSA) is 46.6 Å². The van der Waals surface area contributed by atoms with E-state index in [1.54, 1.807) is 12.1 Å². The van der Waals surface area contributed by atoms with Gasteiger partial charge in [-0.3, -0.25) is 4.90 Å². The number of ether oxygens (including phenoxy) is 1. The number of alkyl halides is 1. The number of nitrogens with zero attached hydrogens (tertiary/aromatic N) is 1. The highest BCUT2D eigenvalue weighted by atomic mass is 127. The number of halogens is 1. The Morgan fingerprint density at radius 1 is 1.07 bits per heavy atom. The molecule has 0 amide bonds. The van der Waals surface area contributed by atoms with Crippen LogP contribution in [-0.4, -0.2) is 49.4 Å². The van der Waals surface area contributed by atoms with E-state index in [0.29, 0.717) is 8.44 Å². The molecule has 1 heterocycles. The van der Waals surface area contributed by atoms with Crippen LogP contribution >= 0.6 is 22.6 Å². The van der Waals surface area contributed by atoms with Crippen molar-refractivity contribution < 1.29 is 13.2 Å². The molecule has 0 saturated carbocycles. The zero-order valence-corrected chi connectivity index (χ0v) is 19.5. The fourth-order valence-electron chi connectivity index (χ4n) is 3.62. The van der Waals surface area contributed by atoms with Crippen LogP contribution in [0.1, 0.15) is 25.3 Å². The summed E-state index contributed by atoms with van der Waals surface area (Å²) in [7, 11) is -1.78. The van der Waals surface area contributed by atoms with Gasteiger partial charge in [-0.25, -0.2) is 8.42 Å². The molecular weight excluding hydrogens is 485 g/mol. The SMILES string of the molecule is COCCS(=O)(=O)c1ccc(-c2ccc(CCN3CCCC3(C)I)cc2)cc1. The molecular formula is C22H28INO3S. The van der Waals surface area contributed by atoms with Crippen molar-refractivity contribution in [2.45, 2.75) is 34.6 Å². The smallest absolute Gasteiger partial charge is 0.180 e. The molecule has 0 N–H and O–H groups in total. The minimum Gasteiger partial charge on any atom is -0.384 e. The second-order valence-corrected chi connectivity index (χ2v) is 11.9. The van der Waals surface area contributed by atoms with Crippen LogP contribution in [0.2, 0.25) is 0 Å². The lowest BCUT2D eigenvalue weighted by Gasteiger charge is -2.29. The zero-order valence-electron chi connectivity index (χ0n) is 16.5. The lowest BCUT2D eigenvalue weighted by atomic mass is 10.0. The van der Waals surface area contributed by atoms with Gasteiger partial charge >= 0.3 is 0 Å². The monoisotopic (exact) mass is 513 g/mol. The van der Waals surface area contributed by atoms with Gasteiger partial charge in [0.25, 0.3) is 0 Å². The van der Waals surface area contributed by atoms with Gasteiger partial charge in [0.15, 0.2) is 9.84 Å². The normalized spacial score (nSPS) is 20.5. The average Bonchev–Trinajstić information content (AvgIpc) is 3.03. The summed E-state index contributed by atoms with van der Waals surface area (Å²) in [4.78, 5) is 2.92. The van der Waals surface area contributed by atoms with E-state index in [-0.39, 0.29) is 12.4 Å². The zero-order chi connectivity index (χ0) is 20.2. The first-order chi connectivity index (χ1) is 13.3. The molecule has 2 aromatic rings. The predicted octanol–water partition coefficient (Wildman–Crippen LogP) is 4.56. The van der Waals surface area contributed by atoms with Gasteiger partial charge in [0.2, 0.25) is 0 Å². The second kappa shape index (κ2) is 9.24. The van der Waals surface area contributed by atoms with Crippen LogP contribution in [0.4, 0.5) is 0 Å². The van der Waals surface area contributed by atoms with Crippen LogP contribution in [0.5, 0.6) is 0 Å². The third-order valence-electron chi connectivity index (χ3n) is 5.45. The predicted molar refractivity (Wildman–Crippen MR) is 123 cm³/mol. The van der Waals surface area contributed by atoms with Crippen LogP contribution in [0, 0.1) is 0 Å². The molecule has 1 aliphatic heterocycles. The Labute approximate surface area is 182 Å². The summed E-state index contributed by atoms with van der Waals surface area (Å²) in [6.45, 7) is 4.81. The van der Waals surface area contributed by atoms with E-state index in [0.717, 1.165) is 24.1 Å². The van der Waals surface area contributed by atoms with Gasteiger partial charge in [-0.1, -0.05) is 59.0 Å². The molecule has 0 aliphatic carbocycles. The third kappa shape index (κ3) is 5.34. The number of benzene rings is 2. The number of methoxy groups -OCH3 is 1. The van der Waals surface area contributed by atoms with E-state index < -0.39 is 9.84 Å². The summed E-state index contributed by atoms with van der Waals surface area (Å²) in [6, 6.07) is 15.7. The number of likely N-dealkylation sites (tertiary alicyclic amines) is 1. The highest BCUT2D eigenvalue weighted by Gasteiger charge is 2.32. The van der Waals surface area contributed by atoms with Gasteiger partial charge in [-0.15, -0.1) is 0 Å². The van der Waals surface area contributed by atoms with E-state index in [1.807, 2.05) is 12.1 Å². The molecule has 2 aromatic carbocycles. The Bertz CT molecular complexity index is 877. The largest absolute Gasteiger partial charge is 0.384 e. The van der Waals surface area contributed by atoms with Gasteiger partial charge in [0.05, 0.1) is 20.8 Å². The molecule has 1 aliphatic rings. The molecule has 4 nitrogen and oxygen atoms in total. The summed E-state index contributed by atoms with van der Waals surface area (Å²) in [5.74, 6) is 0.00479. The van der Waals surface area contributed by atoms with E-state index in [2.05, 4.69) is 58.7 Å². The van der Waals surface area contributed by atoms with E-state index in [4.69, 9.17) is 4.74 Å². The maximum absolute atomic E-state index is 12.2. The van der Waals surface area contributed by atoms with Crippen LogP contribution in [0.25, 0.3) is 11.1 Å². The van der Waals surface area contributed by atoms with E-state index in [9.17, 15) is 8.42 Å². The first-order valence-corrected chi connectivity index (χ1v) is 12.4. The van der Waals surface area contributed by atoms with Crippen molar-refractivity contribution in [2.24, 2.45) is 0 Å². The minimum atomic E-state index is -3.28. The molecule has 0 bridgehead atoms. The first kappa shape index (κ1) is 21.7. The van der Waals surface area contributed by atoms with Crippen LogP contribution < -0.4 is 0 Å². The Morgan fingerprint density at radius 2 is 1.68 bits per heavy atom. The van der Waals surface area contributed by atoms with E-state index in [1.165, 1.54) is 32.1 Å². The van der Waals surface area contributed by atoms with Gasteiger partial charge in [0.1, 0.15) is 0 Å². The second-order valence-electron chi connectivity index (χ2n) is 7.52. The summed E-state index contributed by atoms with van der Waals surface area (Å²) in [5, 5.41) is 0. The molecule has 6 heteroatoms. The van der Waals surface area contributed by atoms with E-state index >= 15 is 0 Å². The van der Waals surface area contributed by atoms with Crippen molar-refractivity contribution in [3.63, 3.8) is 0 Å². The fourth-order valence-corrected chi connectivity index (χ4v) is 5.66. The maximum atomic E-state index is 12.2. The number of sulfone groups is 1. The van der Waals surface area contributed by atoms with Crippen molar-refractivity contribution in [3.8, 4) is 11.1 Å². The number of rotatable bonds is 8. The van der Waals surface area contributed by atoms with Gasteiger partial charge < -0.3 is 4.74 Å². The average molecular weight is 513 g/mol. The summed E-state index contributed by atoms with van der Waals surface area (Å²) in [6.07, 6.45) is 3.61. The standard InChI is InChI=1S/C22H28INO3S/c1-22(23)13-3-14-24(22)15-12-18-4-6-19(7-5-18)20-8-10-21(11-9-20)28(25,26)17-16-27-2/h4-11H,3,12-17H2,1-2H3. The fraction of sp³-hybridized carbons (Fsp3) is 0.455. The Balaban J connectivity index is 1.63. The third-order valence-corrected chi connectivity index (χ3v) is 8.36. The Hall–Kier alpha value is -0.960. The molecule has 1 atom stereocenters. The molecule has 0 radical (unpaired) electrons. The summed E-state index contributed by atoms with van der Waals surface area (Å²) >= 11 is 2.58. The molecule has 0 spiro atoms. The number of hydrogen-bond donors (Lipinski definition) is 0. The van der Waals surface area contributed by atoms with Crippen LogP contribution in [0.3, 0.4) is 0 Å². The van der Waals surface area contributed by atoms with Crippen LogP contribution in [0.15, 0.2) is 53.4 Å². The van der Waals surface area contributed by atoms with Gasteiger partial charge in [-0.05, 0) is 61.6 Å². The van der Waals surface area contributed by atoms with Crippen molar-refractivity contribution in [1.82, 2.24) is 4.90 Å². The molecule has 1 unspecified atom stereocenters.